The molecule has 0 radical (unpaired) electrons. The maximum Gasteiger partial charge on any atom is 0.311 e. The molecular weight excluding hydrogens is 144 g/mol. The summed E-state index contributed by atoms with van der Waals surface area (Å²) in [5.74, 6) is -1.08. The van der Waals surface area contributed by atoms with Crippen molar-refractivity contribution in [2.75, 3.05) is 0 Å². The van der Waals surface area contributed by atoms with Crippen molar-refractivity contribution in [3.05, 3.63) is 17.5 Å². The standard InChI is InChI=1S/C7H8N2O2/c10-7(11)4-1-2-6-5(4)3-8-9-6/h3-4H,1-2H2,(H,8,9)(H,10,11). The van der Waals surface area contributed by atoms with Gasteiger partial charge in [0.25, 0.3) is 0 Å². The third-order valence-corrected chi connectivity index (χ3v) is 2.11. The fourth-order valence-electron chi connectivity index (χ4n) is 1.52. The molecule has 0 aromatic carbocycles. The van der Waals surface area contributed by atoms with Crippen LogP contribution in [0.3, 0.4) is 0 Å². The molecule has 0 spiro atoms. The van der Waals surface area contributed by atoms with E-state index in [0.29, 0.717) is 6.42 Å². The Morgan fingerprint density at radius 2 is 2.64 bits per heavy atom. The molecule has 0 amide bonds. The predicted molar refractivity (Wildman–Crippen MR) is 37.3 cm³/mol. The Morgan fingerprint density at radius 3 is 3.36 bits per heavy atom. The van der Waals surface area contributed by atoms with Crippen molar-refractivity contribution in [2.45, 2.75) is 18.8 Å². The largest absolute Gasteiger partial charge is 0.481 e. The van der Waals surface area contributed by atoms with Gasteiger partial charge in [-0.2, -0.15) is 5.10 Å². The molecule has 1 aromatic heterocycles. The second-order valence-corrected chi connectivity index (χ2v) is 2.73. The zero-order valence-corrected chi connectivity index (χ0v) is 5.87. The maximum absolute atomic E-state index is 10.6. The fraction of sp³-hybridized carbons (Fsp3) is 0.429. The summed E-state index contributed by atoms with van der Waals surface area (Å²) in [6, 6.07) is 0. The molecule has 0 fully saturated rings. The van der Waals surface area contributed by atoms with Gasteiger partial charge in [0, 0.05) is 11.3 Å². The molecular formula is C7H8N2O2. The van der Waals surface area contributed by atoms with Gasteiger partial charge in [-0.25, -0.2) is 0 Å². The molecule has 1 aromatic rings. The third-order valence-electron chi connectivity index (χ3n) is 2.11. The summed E-state index contributed by atoms with van der Waals surface area (Å²) in [5.41, 5.74) is 1.84. The first-order valence-corrected chi connectivity index (χ1v) is 3.54. The van der Waals surface area contributed by atoms with Crippen LogP contribution in [0.25, 0.3) is 0 Å². The van der Waals surface area contributed by atoms with Crippen LogP contribution in [0.5, 0.6) is 0 Å². The molecule has 58 valence electrons. The van der Waals surface area contributed by atoms with Crippen molar-refractivity contribution in [3.63, 3.8) is 0 Å². The number of aromatic amines is 1. The summed E-state index contributed by atoms with van der Waals surface area (Å²) in [7, 11) is 0. The minimum atomic E-state index is -0.745. The number of aliphatic carboxylic acids is 1. The van der Waals surface area contributed by atoms with Gasteiger partial charge in [0.2, 0.25) is 0 Å². The van der Waals surface area contributed by atoms with Crippen LogP contribution in [0.4, 0.5) is 0 Å². The van der Waals surface area contributed by atoms with Crippen molar-refractivity contribution in [2.24, 2.45) is 0 Å². The Bertz CT molecular complexity index is 292. The summed E-state index contributed by atoms with van der Waals surface area (Å²) < 4.78 is 0. The molecule has 0 aliphatic heterocycles. The molecule has 1 heterocycles. The minimum absolute atomic E-state index is 0.330. The smallest absolute Gasteiger partial charge is 0.311 e. The molecule has 0 saturated heterocycles. The lowest BCUT2D eigenvalue weighted by atomic mass is 10.1. The Balaban J connectivity index is 2.38. The lowest BCUT2D eigenvalue weighted by Crippen LogP contribution is -2.06. The molecule has 4 heteroatoms. The summed E-state index contributed by atoms with van der Waals surface area (Å²) in [6.45, 7) is 0. The lowest BCUT2D eigenvalue weighted by Gasteiger charge is -1.99. The number of hydrogen-bond acceptors (Lipinski definition) is 2. The maximum atomic E-state index is 10.6. The Morgan fingerprint density at radius 1 is 1.82 bits per heavy atom. The molecule has 11 heavy (non-hydrogen) atoms. The van der Waals surface area contributed by atoms with Gasteiger partial charge in [0.15, 0.2) is 0 Å². The van der Waals surface area contributed by atoms with E-state index < -0.39 is 5.97 Å². The number of nitrogens with zero attached hydrogens (tertiary/aromatic N) is 1. The van der Waals surface area contributed by atoms with Crippen molar-refractivity contribution >= 4 is 5.97 Å². The van der Waals surface area contributed by atoms with Gasteiger partial charge in [-0.3, -0.25) is 9.89 Å². The molecule has 1 atom stereocenters. The highest BCUT2D eigenvalue weighted by atomic mass is 16.4. The molecule has 2 N–H and O–H groups in total. The highest BCUT2D eigenvalue weighted by Crippen LogP contribution is 2.31. The Labute approximate surface area is 63.2 Å². The van der Waals surface area contributed by atoms with E-state index in [1.165, 1.54) is 0 Å². The quantitative estimate of drug-likeness (QED) is 0.616. The van der Waals surface area contributed by atoms with E-state index in [9.17, 15) is 4.79 Å². The topological polar surface area (TPSA) is 66.0 Å². The van der Waals surface area contributed by atoms with E-state index in [2.05, 4.69) is 10.2 Å². The first kappa shape index (κ1) is 6.39. The fourth-order valence-corrected chi connectivity index (χ4v) is 1.52. The van der Waals surface area contributed by atoms with Gasteiger partial charge in [0.05, 0.1) is 12.1 Å². The van der Waals surface area contributed by atoms with E-state index in [-0.39, 0.29) is 5.92 Å². The van der Waals surface area contributed by atoms with Gasteiger partial charge in [-0.05, 0) is 12.8 Å². The predicted octanol–water partition coefficient (Wildman–Crippen LogP) is 0.524. The summed E-state index contributed by atoms with van der Waals surface area (Å²) in [6.07, 6.45) is 3.13. The highest BCUT2D eigenvalue weighted by molar-refractivity contribution is 5.77. The van der Waals surface area contributed by atoms with E-state index in [0.717, 1.165) is 17.7 Å². The van der Waals surface area contributed by atoms with Gasteiger partial charge in [-0.1, -0.05) is 0 Å². The highest BCUT2D eigenvalue weighted by Gasteiger charge is 2.29. The Hall–Kier alpha value is -1.32. The lowest BCUT2D eigenvalue weighted by molar-refractivity contribution is -0.138. The number of H-pyrrole nitrogens is 1. The SMILES string of the molecule is O=C(O)C1CCc2[nH]ncc21. The van der Waals surface area contributed by atoms with Crippen molar-refractivity contribution in [3.8, 4) is 0 Å². The van der Waals surface area contributed by atoms with Crippen LogP contribution in [0.1, 0.15) is 23.6 Å². The van der Waals surface area contributed by atoms with Crippen molar-refractivity contribution in [1.82, 2.24) is 10.2 Å². The van der Waals surface area contributed by atoms with Crippen molar-refractivity contribution in [1.29, 1.82) is 0 Å². The molecule has 0 saturated carbocycles. The van der Waals surface area contributed by atoms with Gasteiger partial charge in [0.1, 0.15) is 0 Å². The Kier molecular flexibility index (Phi) is 1.21. The van der Waals surface area contributed by atoms with E-state index in [4.69, 9.17) is 5.11 Å². The van der Waals surface area contributed by atoms with Crippen LogP contribution >= 0.6 is 0 Å². The summed E-state index contributed by atoms with van der Waals surface area (Å²) in [4.78, 5) is 10.6. The zero-order valence-electron chi connectivity index (χ0n) is 5.87. The van der Waals surface area contributed by atoms with Gasteiger partial charge >= 0.3 is 5.97 Å². The second-order valence-electron chi connectivity index (χ2n) is 2.73. The molecule has 4 nitrogen and oxygen atoms in total. The number of carboxylic acid groups (broad SMARTS) is 1. The minimum Gasteiger partial charge on any atom is -0.481 e. The van der Waals surface area contributed by atoms with E-state index >= 15 is 0 Å². The van der Waals surface area contributed by atoms with Crippen LogP contribution in [-0.2, 0) is 11.2 Å². The average molecular weight is 152 g/mol. The molecule has 1 aliphatic carbocycles. The summed E-state index contributed by atoms with van der Waals surface area (Å²) >= 11 is 0. The number of fused-ring (bicyclic) bond motifs is 1. The normalized spacial score (nSPS) is 21.6. The average Bonchev–Trinajstić information content (AvgIpc) is 2.41. The monoisotopic (exact) mass is 152 g/mol. The van der Waals surface area contributed by atoms with Gasteiger partial charge < -0.3 is 5.11 Å². The number of aryl methyl sites for hydroxylation is 1. The molecule has 2 rings (SSSR count). The van der Waals surface area contributed by atoms with Crippen LogP contribution in [0.15, 0.2) is 6.20 Å². The number of rotatable bonds is 1. The second kappa shape index (κ2) is 2.08. The van der Waals surface area contributed by atoms with Crippen LogP contribution in [0.2, 0.25) is 0 Å². The third kappa shape index (κ3) is 0.824. The number of aromatic nitrogens is 2. The van der Waals surface area contributed by atoms with Crippen LogP contribution in [-0.4, -0.2) is 21.3 Å². The van der Waals surface area contributed by atoms with E-state index in [1.54, 1.807) is 6.20 Å². The summed E-state index contributed by atoms with van der Waals surface area (Å²) in [5, 5.41) is 15.3. The molecule has 1 aliphatic rings. The molecule has 1 unspecified atom stereocenters. The van der Waals surface area contributed by atoms with Gasteiger partial charge in [-0.15, -0.1) is 0 Å². The van der Waals surface area contributed by atoms with E-state index in [1.807, 2.05) is 0 Å². The first-order valence-electron chi connectivity index (χ1n) is 3.54. The van der Waals surface area contributed by atoms with Crippen molar-refractivity contribution < 1.29 is 9.90 Å². The number of carbonyl (C=O) groups is 1. The zero-order chi connectivity index (χ0) is 7.84. The number of nitrogens with one attached hydrogen (secondary N) is 1. The first-order chi connectivity index (χ1) is 5.29. The number of hydrogen-bond donors (Lipinski definition) is 2. The molecule has 0 bridgehead atoms. The number of carboxylic acids is 1. The van der Waals surface area contributed by atoms with Crippen LogP contribution in [0, 0.1) is 0 Å². The van der Waals surface area contributed by atoms with Crippen LogP contribution < -0.4 is 0 Å².